The molecule has 0 saturated heterocycles. The van der Waals surface area contributed by atoms with Gasteiger partial charge in [-0.15, -0.1) is 0 Å². The van der Waals surface area contributed by atoms with Crippen LogP contribution in [0.2, 0.25) is 0 Å². The first-order chi connectivity index (χ1) is 12.5. The molecule has 0 aliphatic carbocycles. The van der Waals surface area contributed by atoms with Crippen LogP contribution >= 0.6 is 11.8 Å². The van der Waals surface area contributed by atoms with Crippen molar-refractivity contribution < 1.29 is 9.59 Å². The summed E-state index contributed by atoms with van der Waals surface area (Å²) in [7, 11) is 0. The van der Waals surface area contributed by atoms with Gasteiger partial charge < -0.3 is 15.6 Å². The van der Waals surface area contributed by atoms with Crippen LogP contribution in [0.1, 0.15) is 24.2 Å². The molecule has 3 N–H and O–H groups in total. The largest absolute Gasteiger partial charge is 0.366 e. The molecule has 134 valence electrons. The first kappa shape index (κ1) is 18.0. The van der Waals surface area contributed by atoms with E-state index in [0.717, 1.165) is 22.7 Å². The fourth-order valence-electron chi connectivity index (χ4n) is 2.62. The van der Waals surface area contributed by atoms with Crippen LogP contribution in [0.5, 0.6) is 0 Å². The minimum Gasteiger partial charge on any atom is -0.366 e. The van der Waals surface area contributed by atoms with Crippen LogP contribution in [-0.2, 0) is 11.3 Å². The van der Waals surface area contributed by atoms with Gasteiger partial charge in [-0.2, -0.15) is 0 Å². The predicted octanol–water partition coefficient (Wildman–Crippen LogP) is 3.27. The third kappa shape index (κ3) is 3.72. The summed E-state index contributed by atoms with van der Waals surface area (Å²) in [5.74, 6) is -0.623. The monoisotopic (exact) mass is 368 g/mol. The Bertz CT molecular complexity index is 950. The van der Waals surface area contributed by atoms with Gasteiger partial charge in [0.2, 0.25) is 11.8 Å². The highest BCUT2D eigenvalue weighted by atomic mass is 32.2. The Morgan fingerprint density at radius 2 is 1.88 bits per heavy atom. The van der Waals surface area contributed by atoms with E-state index in [4.69, 9.17) is 5.73 Å². The lowest BCUT2D eigenvalue weighted by Crippen LogP contribution is -2.23. The van der Waals surface area contributed by atoms with Crippen LogP contribution in [0.3, 0.4) is 0 Å². The van der Waals surface area contributed by atoms with Crippen LogP contribution in [0.15, 0.2) is 53.7 Å². The number of nitrogens with one attached hydrogen (secondary N) is 1. The number of para-hydroxylation sites is 2. The molecule has 0 radical (unpaired) electrons. The number of amides is 2. The molecule has 0 bridgehead atoms. The SMILES string of the molecule is CCn1c(S[C@H](C)C(=O)Nc2ccc(C(N)=O)cc2)nc2ccccc21. The average Bonchev–Trinajstić information content (AvgIpc) is 2.99. The molecular weight excluding hydrogens is 348 g/mol. The van der Waals surface area contributed by atoms with Crippen molar-refractivity contribution in [3.63, 3.8) is 0 Å². The number of carbonyl (C=O) groups is 2. The van der Waals surface area contributed by atoms with Crippen LogP contribution in [-0.4, -0.2) is 26.6 Å². The predicted molar refractivity (Wildman–Crippen MR) is 104 cm³/mol. The quantitative estimate of drug-likeness (QED) is 0.654. The van der Waals surface area contributed by atoms with Crippen LogP contribution in [0.25, 0.3) is 11.0 Å². The van der Waals surface area contributed by atoms with Crippen molar-refractivity contribution in [1.29, 1.82) is 0 Å². The number of imidazole rings is 1. The number of fused-ring (bicyclic) bond motifs is 1. The summed E-state index contributed by atoms with van der Waals surface area (Å²) in [4.78, 5) is 28.2. The lowest BCUT2D eigenvalue weighted by Gasteiger charge is -2.13. The zero-order valence-electron chi connectivity index (χ0n) is 14.6. The molecule has 0 aliphatic heterocycles. The summed E-state index contributed by atoms with van der Waals surface area (Å²) in [6, 6.07) is 14.4. The molecule has 0 unspecified atom stereocenters. The Morgan fingerprint density at radius 3 is 2.54 bits per heavy atom. The molecule has 0 spiro atoms. The highest BCUT2D eigenvalue weighted by Gasteiger charge is 2.19. The Kier molecular flexibility index (Phi) is 5.27. The molecule has 0 fully saturated rings. The molecule has 7 heteroatoms. The van der Waals surface area contributed by atoms with Gasteiger partial charge in [-0.1, -0.05) is 23.9 Å². The van der Waals surface area contributed by atoms with Gasteiger partial charge in [0.1, 0.15) is 0 Å². The molecule has 3 rings (SSSR count). The molecular formula is C19H20N4O2S. The molecule has 26 heavy (non-hydrogen) atoms. The van der Waals surface area contributed by atoms with E-state index in [1.54, 1.807) is 24.3 Å². The van der Waals surface area contributed by atoms with E-state index >= 15 is 0 Å². The van der Waals surface area contributed by atoms with Gasteiger partial charge in [0, 0.05) is 17.8 Å². The maximum absolute atomic E-state index is 12.5. The molecule has 1 atom stereocenters. The van der Waals surface area contributed by atoms with Crippen molar-refractivity contribution in [2.75, 3.05) is 5.32 Å². The van der Waals surface area contributed by atoms with Gasteiger partial charge in [-0.25, -0.2) is 4.98 Å². The van der Waals surface area contributed by atoms with E-state index in [0.29, 0.717) is 11.3 Å². The number of hydrogen-bond acceptors (Lipinski definition) is 4. The van der Waals surface area contributed by atoms with Crippen molar-refractivity contribution in [1.82, 2.24) is 9.55 Å². The lowest BCUT2D eigenvalue weighted by atomic mass is 10.2. The Balaban J connectivity index is 1.72. The molecule has 6 nitrogen and oxygen atoms in total. The highest BCUT2D eigenvalue weighted by molar-refractivity contribution is 8.00. The van der Waals surface area contributed by atoms with E-state index in [2.05, 4.69) is 21.8 Å². The zero-order valence-corrected chi connectivity index (χ0v) is 15.4. The van der Waals surface area contributed by atoms with Crippen molar-refractivity contribution in [2.24, 2.45) is 5.73 Å². The fraction of sp³-hybridized carbons (Fsp3) is 0.211. The van der Waals surface area contributed by atoms with E-state index in [-0.39, 0.29) is 11.2 Å². The van der Waals surface area contributed by atoms with E-state index < -0.39 is 5.91 Å². The number of primary amides is 1. The number of hydrogen-bond donors (Lipinski definition) is 2. The van der Waals surface area contributed by atoms with Gasteiger partial charge >= 0.3 is 0 Å². The molecule has 2 amide bonds. The summed E-state index contributed by atoms with van der Waals surface area (Å²) < 4.78 is 2.10. The molecule has 3 aromatic rings. The minimum absolute atomic E-state index is 0.128. The Labute approximate surface area is 155 Å². The third-order valence-electron chi connectivity index (χ3n) is 4.02. The Hall–Kier alpha value is -2.80. The Morgan fingerprint density at radius 1 is 1.19 bits per heavy atom. The summed E-state index contributed by atoms with van der Waals surface area (Å²) in [6.45, 7) is 4.69. The number of carbonyl (C=O) groups excluding carboxylic acids is 2. The average molecular weight is 368 g/mol. The standard InChI is InChI=1S/C19H20N4O2S/c1-3-23-16-7-5-4-6-15(16)22-19(23)26-12(2)18(25)21-14-10-8-13(9-11-14)17(20)24/h4-12H,3H2,1-2H3,(H2,20,24)(H,21,25)/t12-/m1/s1. The van der Waals surface area contributed by atoms with Crippen LogP contribution < -0.4 is 11.1 Å². The zero-order chi connectivity index (χ0) is 18.7. The third-order valence-corrected chi connectivity index (χ3v) is 5.11. The lowest BCUT2D eigenvalue weighted by molar-refractivity contribution is -0.115. The number of anilines is 1. The first-order valence-corrected chi connectivity index (χ1v) is 9.20. The van der Waals surface area contributed by atoms with Crippen LogP contribution in [0.4, 0.5) is 5.69 Å². The summed E-state index contributed by atoms with van der Waals surface area (Å²) in [5, 5.41) is 3.34. The van der Waals surface area contributed by atoms with Gasteiger partial charge in [0.05, 0.1) is 16.3 Å². The second kappa shape index (κ2) is 7.61. The summed E-state index contributed by atoms with van der Waals surface area (Å²) >= 11 is 1.42. The van der Waals surface area contributed by atoms with Crippen molar-refractivity contribution >= 4 is 40.3 Å². The number of aryl methyl sites for hydroxylation is 1. The smallest absolute Gasteiger partial charge is 0.248 e. The molecule has 0 aliphatic rings. The van der Waals surface area contributed by atoms with Crippen molar-refractivity contribution in [3.8, 4) is 0 Å². The molecule has 1 heterocycles. The van der Waals surface area contributed by atoms with Gasteiger partial charge in [-0.05, 0) is 50.2 Å². The van der Waals surface area contributed by atoms with Crippen molar-refractivity contribution in [2.45, 2.75) is 30.8 Å². The minimum atomic E-state index is -0.495. The first-order valence-electron chi connectivity index (χ1n) is 8.32. The number of thioether (sulfide) groups is 1. The second-order valence-electron chi connectivity index (χ2n) is 5.82. The van der Waals surface area contributed by atoms with Gasteiger partial charge in [-0.3, -0.25) is 9.59 Å². The van der Waals surface area contributed by atoms with E-state index in [1.165, 1.54) is 11.8 Å². The highest BCUT2D eigenvalue weighted by Crippen LogP contribution is 2.27. The van der Waals surface area contributed by atoms with E-state index in [1.807, 2.05) is 31.2 Å². The van der Waals surface area contributed by atoms with Crippen molar-refractivity contribution in [3.05, 3.63) is 54.1 Å². The number of benzene rings is 2. The van der Waals surface area contributed by atoms with E-state index in [9.17, 15) is 9.59 Å². The van der Waals surface area contributed by atoms with Gasteiger partial charge in [0.25, 0.3) is 0 Å². The molecule has 0 saturated carbocycles. The number of nitrogens with zero attached hydrogens (tertiary/aromatic N) is 2. The maximum Gasteiger partial charge on any atom is 0.248 e. The number of aromatic nitrogens is 2. The summed E-state index contributed by atoms with van der Waals surface area (Å²) in [5.41, 5.74) is 8.23. The number of rotatable bonds is 6. The van der Waals surface area contributed by atoms with Gasteiger partial charge in [0.15, 0.2) is 5.16 Å². The summed E-state index contributed by atoms with van der Waals surface area (Å²) in [6.07, 6.45) is 0. The number of nitrogens with two attached hydrogens (primary N) is 1. The molecule has 2 aromatic carbocycles. The normalized spacial score (nSPS) is 12.1. The fourth-order valence-corrected chi connectivity index (χ4v) is 3.61. The second-order valence-corrected chi connectivity index (χ2v) is 7.13. The maximum atomic E-state index is 12.5. The van der Waals surface area contributed by atoms with Crippen LogP contribution in [0, 0.1) is 0 Å². The molecule has 1 aromatic heterocycles. The topological polar surface area (TPSA) is 90.0 Å².